The Morgan fingerprint density at radius 1 is 1.29 bits per heavy atom. The van der Waals surface area contributed by atoms with Crippen LogP contribution in [0.3, 0.4) is 0 Å². The molecule has 3 heterocycles. The third kappa shape index (κ3) is 6.41. The number of carbonyl (C=O) groups is 1. The van der Waals surface area contributed by atoms with Gasteiger partial charge in [-0.25, -0.2) is 9.88 Å². The summed E-state index contributed by atoms with van der Waals surface area (Å²) in [7, 11) is 0. The van der Waals surface area contributed by atoms with Gasteiger partial charge in [0.15, 0.2) is 12.0 Å². The molecule has 3 rings (SSSR count). The van der Waals surface area contributed by atoms with Crippen LogP contribution in [0, 0.1) is 0 Å². The van der Waals surface area contributed by atoms with Crippen molar-refractivity contribution in [2.45, 2.75) is 84.0 Å². The van der Waals surface area contributed by atoms with Crippen molar-refractivity contribution >= 4 is 24.4 Å². The normalized spacial score (nSPS) is 28.4. The lowest BCUT2D eigenvalue weighted by Crippen LogP contribution is -2.37. The van der Waals surface area contributed by atoms with Gasteiger partial charge in [0.2, 0.25) is 0 Å². The van der Waals surface area contributed by atoms with Crippen molar-refractivity contribution in [2.75, 3.05) is 13.2 Å². The fourth-order valence-electron chi connectivity index (χ4n) is 3.75. The van der Waals surface area contributed by atoms with E-state index < -0.39 is 60.2 Å². The summed E-state index contributed by atoms with van der Waals surface area (Å²) in [5, 5.41) is 2.95. The molecule has 0 aliphatic carbocycles. The Bertz CT molecular complexity index is 1040. The molecule has 1 unspecified atom stereocenters. The highest BCUT2D eigenvalue weighted by Crippen LogP contribution is 2.48. The maximum atomic E-state index is 12.4. The highest BCUT2D eigenvalue weighted by molar-refractivity contribution is 8.09. The van der Waals surface area contributed by atoms with Crippen molar-refractivity contribution in [3.8, 4) is 0 Å². The molecular formula is C20H32N3O9PS. The zero-order valence-corrected chi connectivity index (χ0v) is 21.7. The molecule has 0 aromatic carbocycles. The summed E-state index contributed by atoms with van der Waals surface area (Å²) < 4.78 is 36.2. The van der Waals surface area contributed by atoms with Crippen LogP contribution in [-0.2, 0) is 44.6 Å². The van der Waals surface area contributed by atoms with Crippen LogP contribution in [0.5, 0.6) is 0 Å². The van der Waals surface area contributed by atoms with Crippen molar-refractivity contribution < 1.29 is 32.8 Å². The second kappa shape index (κ2) is 10.7. The first-order valence-electron chi connectivity index (χ1n) is 11.0. The zero-order chi connectivity index (χ0) is 25.3. The minimum Gasteiger partial charge on any atom is -0.465 e. The SMILES string of the molecule is CCOC(=O)[C@H](C)NP(=S)(OC[C@H]1O[C@@H](n2ccc(=O)[nH]c2=O)[C@@H]2OC(C)(C)O[C@@H]21)OC(C)C. The van der Waals surface area contributed by atoms with Crippen molar-refractivity contribution in [3.05, 3.63) is 33.1 Å². The van der Waals surface area contributed by atoms with Gasteiger partial charge in [-0.3, -0.25) is 19.1 Å². The number of nitrogens with one attached hydrogen (secondary N) is 2. The standard InChI is InChI=1S/C20H32N3O9PS/c1-7-27-18(25)12(4)22-33(34,32-11(2)3)28-10-13-15-16(31-20(5,6)30-15)17(29-13)23-9-8-14(24)21-19(23)26/h8-9,11-13,15-17H,7,10H2,1-6H3,(H,22,34)(H,21,24,26)/t12-,13+,15+,16+,17+,33?/m0/s1. The largest absolute Gasteiger partial charge is 0.465 e. The molecule has 2 saturated heterocycles. The molecule has 12 nitrogen and oxygen atoms in total. The van der Waals surface area contributed by atoms with Gasteiger partial charge in [-0.2, -0.15) is 0 Å². The first-order chi connectivity index (χ1) is 15.8. The van der Waals surface area contributed by atoms with Crippen molar-refractivity contribution in [1.29, 1.82) is 0 Å². The zero-order valence-electron chi connectivity index (χ0n) is 20.0. The smallest absolute Gasteiger partial charge is 0.330 e. The van der Waals surface area contributed by atoms with Gasteiger partial charge in [-0.1, -0.05) is 0 Å². The number of nitrogens with zero attached hydrogens (tertiary/aromatic N) is 1. The molecular weight excluding hydrogens is 489 g/mol. The molecule has 2 aliphatic rings. The van der Waals surface area contributed by atoms with E-state index in [0.717, 1.165) is 0 Å². The number of aromatic amines is 1. The Morgan fingerprint density at radius 2 is 1.97 bits per heavy atom. The molecule has 0 radical (unpaired) electrons. The van der Waals surface area contributed by atoms with E-state index in [0.29, 0.717) is 0 Å². The monoisotopic (exact) mass is 521 g/mol. The van der Waals surface area contributed by atoms with Crippen molar-refractivity contribution in [2.24, 2.45) is 0 Å². The van der Waals surface area contributed by atoms with Crippen LogP contribution in [0.15, 0.2) is 21.9 Å². The molecule has 6 atom stereocenters. The van der Waals surface area contributed by atoms with Gasteiger partial charge in [0.25, 0.3) is 12.2 Å². The van der Waals surface area contributed by atoms with E-state index in [1.54, 1.807) is 41.5 Å². The topological polar surface area (TPSA) is 139 Å². The van der Waals surface area contributed by atoms with Crippen LogP contribution in [-0.4, -0.2) is 65.0 Å². The lowest BCUT2D eigenvalue weighted by molar-refractivity contribution is -0.200. The van der Waals surface area contributed by atoms with E-state index in [1.807, 2.05) is 0 Å². The Kier molecular flexibility index (Phi) is 8.52. The van der Waals surface area contributed by atoms with Gasteiger partial charge in [0, 0.05) is 12.3 Å². The van der Waals surface area contributed by atoms with Gasteiger partial charge in [-0.15, -0.1) is 0 Å². The van der Waals surface area contributed by atoms with Gasteiger partial charge < -0.3 is 28.0 Å². The summed E-state index contributed by atoms with van der Waals surface area (Å²) in [6, 6.07) is 0.473. The first kappa shape index (κ1) is 27.2. The predicted molar refractivity (Wildman–Crippen MR) is 125 cm³/mol. The number of H-pyrrole nitrogens is 1. The quantitative estimate of drug-likeness (QED) is 0.339. The molecule has 2 aliphatic heterocycles. The lowest BCUT2D eigenvalue weighted by atomic mass is 10.1. The van der Waals surface area contributed by atoms with Gasteiger partial charge >= 0.3 is 11.7 Å². The molecule has 0 amide bonds. The summed E-state index contributed by atoms with van der Waals surface area (Å²) in [5.74, 6) is -1.40. The maximum absolute atomic E-state index is 12.4. The van der Waals surface area contributed by atoms with E-state index in [2.05, 4.69) is 10.1 Å². The molecule has 2 fully saturated rings. The number of hydrogen-bond donors (Lipinski definition) is 2. The van der Waals surface area contributed by atoms with Crippen LogP contribution in [0.4, 0.5) is 0 Å². The van der Waals surface area contributed by atoms with Gasteiger partial charge in [0.05, 0.1) is 19.3 Å². The number of carbonyl (C=O) groups excluding carboxylic acids is 1. The van der Waals surface area contributed by atoms with Crippen LogP contribution in [0.2, 0.25) is 0 Å². The number of ether oxygens (including phenoxy) is 4. The third-order valence-corrected chi connectivity index (χ3v) is 7.78. The van der Waals surface area contributed by atoms with E-state index >= 15 is 0 Å². The number of hydrogen-bond acceptors (Lipinski definition) is 10. The fraction of sp³-hybridized carbons (Fsp3) is 0.750. The molecule has 192 valence electrons. The lowest BCUT2D eigenvalue weighted by Gasteiger charge is -2.29. The highest BCUT2D eigenvalue weighted by Gasteiger charge is 2.56. The first-order valence-corrected chi connectivity index (χ1v) is 13.7. The minimum atomic E-state index is -3.15. The van der Waals surface area contributed by atoms with Gasteiger partial charge in [0.1, 0.15) is 24.4 Å². The number of aromatic nitrogens is 2. The molecule has 0 bridgehead atoms. The molecule has 14 heteroatoms. The van der Waals surface area contributed by atoms with Crippen molar-refractivity contribution in [1.82, 2.24) is 14.6 Å². The Balaban J connectivity index is 1.79. The summed E-state index contributed by atoms with van der Waals surface area (Å²) in [6.45, 7) is 7.48. The highest BCUT2D eigenvalue weighted by atomic mass is 32.5. The predicted octanol–water partition coefficient (Wildman–Crippen LogP) is 1.16. The molecule has 2 N–H and O–H groups in total. The van der Waals surface area contributed by atoms with E-state index in [1.165, 1.54) is 16.8 Å². The fourth-order valence-corrected chi connectivity index (χ4v) is 6.60. The van der Waals surface area contributed by atoms with E-state index in [9.17, 15) is 14.4 Å². The second-order valence-corrected chi connectivity index (χ2v) is 11.9. The van der Waals surface area contributed by atoms with Crippen LogP contribution in [0.1, 0.15) is 47.8 Å². The number of fused-ring (bicyclic) bond motifs is 1. The van der Waals surface area contributed by atoms with Crippen LogP contribution < -0.4 is 16.3 Å². The van der Waals surface area contributed by atoms with Crippen LogP contribution in [0.25, 0.3) is 0 Å². The third-order valence-electron chi connectivity index (χ3n) is 5.00. The Morgan fingerprint density at radius 3 is 2.59 bits per heavy atom. The average molecular weight is 522 g/mol. The molecule has 0 saturated carbocycles. The Hall–Kier alpha value is -1.44. The summed E-state index contributed by atoms with van der Waals surface area (Å²) in [4.78, 5) is 38.2. The van der Waals surface area contributed by atoms with E-state index in [4.69, 9.17) is 39.8 Å². The summed E-state index contributed by atoms with van der Waals surface area (Å²) in [5.41, 5.74) is -1.16. The van der Waals surface area contributed by atoms with Gasteiger partial charge in [-0.05, 0) is 53.3 Å². The number of esters is 1. The maximum Gasteiger partial charge on any atom is 0.330 e. The summed E-state index contributed by atoms with van der Waals surface area (Å²) >= 11 is 5.64. The van der Waals surface area contributed by atoms with Crippen LogP contribution >= 0.6 is 6.64 Å². The molecule has 1 aromatic heterocycles. The average Bonchev–Trinajstić information content (AvgIpc) is 3.19. The molecule has 34 heavy (non-hydrogen) atoms. The second-order valence-electron chi connectivity index (χ2n) is 8.70. The molecule has 1 aromatic rings. The summed E-state index contributed by atoms with van der Waals surface area (Å²) in [6.07, 6.45) is -1.68. The minimum absolute atomic E-state index is 0.0538. The van der Waals surface area contributed by atoms with E-state index in [-0.39, 0.29) is 19.3 Å². The Labute approximate surface area is 202 Å². The molecule has 0 spiro atoms. The van der Waals surface area contributed by atoms with Crippen molar-refractivity contribution in [3.63, 3.8) is 0 Å². The number of rotatable bonds is 10.